The van der Waals surface area contributed by atoms with Gasteiger partial charge in [-0.2, -0.15) is 0 Å². The van der Waals surface area contributed by atoms with E-state index in [1.165, 1.54) is 62.2 Å². The van der Waals surface area contributed by atoms with E-state index < -0.39 is 0 Å². The van der Waals surface area contributed by atoms with Gasteiger partial charge < -0.3 is 19.4 Å². The molecular formula is C30H46N8. The van der Waals surface area contributed by atoms with Crippen molar-refractivity contribution in [3.8, 4) is 0 Å². The number of nitrogens with one attached hydrogen (secondary N) is 2. The van der Waals surface area contributed by atoms with Crippen molar-refractivity contribution >= 4 is 11.0 Å². The Morgan fingerprint density at radius 1 is 0.895 bits per heavy atom. The quantitative estimate of drug-likeness (QED) is 0.165. The number of aromatic amines is 2. The third-order valence-corrected chi connectivity index (χ3v) is 7.30. The first-order valence-electron chi connectivity index (χ1n) is 14.5. The average Bonchev–Trinajstić information content (AvgIpc) is 3.69. The van der Waals surface area contributed by atoms with Crippen LogP contribution in [0.15, 0.2) is 43.0 Å². The SMILES string of the molecule is CCCN(CCC)CCCCc1nc2ccc(CN(Cc3ncc[nH]3)C(C)c3ncc[nH]3)cc2n1CCC. The average molecular weight is 519 g/mol. The third-order valence-electron chi connectivity index (χ3n) is 7.30. The molecule has 1 unspecified atom stereocenters. The van der Waals surface area contributed by atoms with E-state index in [1.807, 2.05) is 24.8 Å². The summed E-state index contributed by atoms with van der Waals surface area (Å²) in [5, 5.41) is 0. The van der Waals surface area contributed by atoms with Crippen LogP contribution in [0.2, 0.25) is 0 Å². The summed E-state index contributed by atoms with van der Waals surface area (Å²) < 4.78 is 2.46. The highest BCUT2D eigenvalue weighted by Crippen LogP contribution is 2.25. The van der Waals surface area contributed by atoms with E-state index in [4.69, 9.17) is 4.98 Å². The van der Waals surface area contributed by atoms with Gasteiger partial charge in [-0.25, -0.2) is 15.0 Å². The molecule has 0 saturated heterocycles. The minimum absolute atomic E-state index is 0.127. The van der Waals surface area contributed by atoms with Crippen molar-refractivity contribution in [1.29, 1.82) is 0 Å². The number of unbranched alkanes of at least 4 members (excludes halogenated alkanes) is 1. The molecule has 8 nitrogen and oxygen atoms in total. The molecule has 0 bridgehead atoms. The van der Waals surface area contributed by atoms with Gasteiger partial charge in [0.15, 0.2) is 0 Å². The zero-order chi connectivity index (χ0) is 26.7. The van der Waals surface area contributed by atoms with Crippen LogP contribution in [0.1, 0.15) is 88.9 Å². The lowest BCUT2D eigenvalue weighted by molar-refractivity contribution is 0.181. The second-order valence-electron chi connectivity index (χ2n) is 10.4. The summed E-state index contributed by atoms with van der Waals surface area (Å²) in [5.74, 6) is 3.15. The summed E-state index contributed by atoms with van der Waals surface area (Å²) in [6.45, 7) is 15.1. The van der Waals surface area contributed by atoms with Gasteiger partial charge in [-0.1, -0.05) is 26.8 Å². The summed E-state index contributed by atoms with van der Waals surface area (Å²) >= 11 is 0. The second kappa shape index (κ2) is 14.3. The molecule has 0 fully saturated rings. The van der Waals surface area contributed by atoms with Gasteiger partial charge >= 0.3 is 0 Å². The Balaban J connectivity index is 1.49. The van der Waals surface area contributed by atoms with Crippen molar-refractivity contribution in [3.05, 3.63) is 66.0 Å². The fourth-order valence-electron chi connectivity index (χ4n) is 5.39. The van der Waals surface area contributed by atoms with E-state index in [9.17, 15) is 0 Å². The lowest BCUT2D eigenvalue weighted by Crippen LogP contribution is -2.27. The van der Waals surface area contributed by atoms with E-state index >= 15 is 0 Å². The lowest BCUT2D eigenvalue weighted by Gasteiger charge is -2.27. The van der Waals surface area contributed by atoms with Crippen molar-refractivity contribution < 1.29 is 0 Å². The minimum Gasteiger partial charge on any atom is -0.348 e. The van der Waals surface area contributed by atoms with Crippen LogP contribution < -0.4 is 0 Å². The van der Waals surface area contributed by atoms with Gasteiger partial charge in [0.1, 0.15) is 17.5 Å². The van der Waals surface area contributed by atoms with E-state index in [2.05, 4.69) is 80.2 Å². The highest BCUT2D eigenvalue weighted by molar-refractivity contribution is 5.77. The Labute approximate surface area is 227 Å². The predicted molar refractivity (Wildman–Crippen MR) is 155 cm³/mol. The predicted octanol–water partition coefficient (Wildman–Crippen LogP) is 6.10. The van der Waals surface area contributed by atoms with E-state index in [0.29, 0.717) is 0 Å². The van der Waals surface area contributed by atoms with Gasteiger partial charge in [0.05, 0.1) is 23.6 Å². The van der Waals surface area contributed by atoms with Crippen LogP contribution in [0, 0.1) is 0 Å². The summed E-state index contributed by atoms with van der Waals surface area (Å²) in [5.41, 5.74) is 3.63. The number of nitrogens with zero attached hydrogens (tertiary/aromatic N) is 6. The zero-order valence-corrected chi connectivity index (χ0v) is 23.8. The number of aryl methyl sites for hydroxylation is 2. The van der Waals surface area contributed by atoms with Crippen LogP contribution in [0.3, 0.4) is 0 Å². The fourth-order valence-corrected chi connectivity index (χ4v) is 5.39. The standard InChI is InChI=1S/C30H46N8/c1-5-17-36(18-6-2)20-9-8-10-29-35-26-12-11-25(21-27(26)38(29)19-7-3)22-37(23-28-31-13-14-32-28)24(4)30-33-15-16-34-30/h11-16,21,24H,5-10,17-20,22-23H2,1-4H3,(H,31,32)(H,33,34). The Morgan fingerprint density at radius 2 is 1.68 bits per heavy atom. The van der Waals surface area contributed by atoms with Crippen LogP contribution in [0.5, 0.6) is 0 Å². The van der Waals surface area contributed by atoms with Crippen LogP contribution in [-0.2, 0) is 26.1 Å². The van der Waals surface area contributed by atoms with Gasteiger partial charge in [-0.05, 0) is 76.4 Å². The summed E-state index contributed by atoms with van der Waals surface area (Å²) in [7, 11) is 0. The molecule has 0 aliphatic heterocycles. The number of benzene rings is 1. The maximum atomic E-state index is 5.08. The number of rotatable bonds is 17. The van der Waals surface area contributed by atoms with Crippen molar-refractivity contribution in [3.63, 3.8) is 0 Å². The summed E-state index contributed by atoms with van der Waals surface area (Å²) in [6, 6.07) is 6.90. The monoisotopic (exact) mass is 518 g/mol. The Bertz CT molecular complexity index is 1190. The maximum Gasteiger partial charge on any atom is 0.123 e. The number of hydrogen-bond acceptors (Lipinski definition) is 5. The largest absolute Gasteiger partial charge is 0.348 e. The fraction of sp³-hybridized carbons (Fsp3) is 0.567. The summed E-state index contributed by atoms with van der Waals surface area (Å²) in [4.78, 5) is 25.6. The Hall–Kier alpha value is -2.97. The van der Waals surface area contributed by atoms with Crippen LogP contribution in [-0.4, -0.2) is 58.9 Å². The molecule has 4 aromatic rings. The van der Waals surface area contributed by atoms with Gasteiger partial charge in [0.2, 0.25) is 0 Å². The number of aromatic nitrogens is 6. The zero-order valence-electron chi connectivity index (χ0n) is 23.8. The van der Waals surface area contributed by atoms with Crippen molar-refractivity contribution in [1.82, 2.24) is 39.3 Å². The topological polar surface area (TPSA) is 81.7 Å². The van der Waals surface area contributed by atoms with E-state index in [1.54, 1.807) is 0 Å². The minimum atomic E-state index is 0.127. The van der Waals surface area contributed by atoms with Gasteiger partial charge in [-0.3, -0.25) is 4.90 Å². The summed E-state index contributed by atoms with van der Waals surface area (Å²) in [6.07, 6.45) is 14.4. The molecule has 2 N–H and O–H groups in total. The lowest BCUT2D eigenvalue weighted by atomic mass is 10.1. The molecule has 0 aliphatic rings. The number of H-pyrrole nitrogens is 2. The molecule has 38 heavy (non-hydrogen) atoms. The third kappa shape index (κ3) is 7.32. The molecule has 206 valence electrons. The second-order valence-corrected chi connectivity index (χ2v) is 10.4. The molecule has 3 aromatic heterocycles. The number of hydrogen-bond donors (Lipinski definition) is 2. The molecule has 0 radical (unpaired) electrons. The smallest absolute Gasteiger partial charge is 0.123 e. The number of fused-ring (bicyclic) bond motifs is 1. The van der Waals surface area contributed by atoms with Gasteiger partial charge in [-0.15, -0.1) is 0 Å². The first-order chi connectivity index (χ1) is 18.6. The van der Waals surface area contributed by atoms with Crippen LogP contribution >= 0.6 is 0 Å². The first kappa shape index (κ1) is 28.0. The van der Waals surface area contributed by atoms with Crippen molar-refractivity contribution in [2.24, 2.45) is 0 Å². The first-order valence-corrected chi connectivity index (χ1v) is 14.5. The highest BCUT2D eigenvalue weighted by atomic mass is 15.2. The molecule has 4 rings (SSSR count). The number of imidazole rings is 3. The van der Waals surface area contributed by atoms with E-state index in [-0.39, 0.29) is 6.04 Å². The van der Waals surface area contributed by atoms with Crippen molar-refractivity contribution in [2.45, 2.75) is 91.9 Å². The normalized spacial score (nSPS) is 12.8. The van der Waals surface area contributed by atoms with Crippen molar-refractivity contribution in [2.75, 3.05) is 19.6 Å². The highest BCUT2D eigenvalue weighted by Gasteiger charge is 2.20. The van der Waals surface area contributed by atoms with E-state index in [0.717, 1.165) is 49.6 Å². The molecule has 0 amide bonds. The Kier molecular flexibility index (Phi) is 10.5. The Morgan fingerprint density at radius 3 is 2.37 bits per heavy atom. The molecule has 1 aromatic carbocycles. The molecule has 0 saturated carbocycles. The maximum absolute atomic E-state index is 5.08. The molecule has 1 atom stereocenters. The van der Waals surface area contributed by atoms with Gasteiger partial charge in [0.25, 0.3) is 0 Å². The molecular weight excluding hydrogens is 472 g/mol. The molecule has 0 spiro atoms. The van der Waals surface area contributed by atoms with Crippen LogP contribution in [0.25, 0.3) is 11.0 Å². The van der Waals surface area contributed by atoms with Crippen LogP contribution in [0.4, 0.5) is 0 Å². The molecule has 0 aliphatic carbocycles. The van der Waals surface area contributed by atoms with Gasteiger partial charge in [0, 0.05) is 44.3 Å². The molecule has 8 heteroatoms. The molecule has 3 heterocycles.